The van der Waals surface area contributed by atoms with Crippen molar-refractivity contribution in [2.24, 2.45) is 0 Å². The summed E-state index contributed by atoms with van der Waals surface area (Å²) in [6.07, 6.45) is 2.24. The van der Waals surface area contributed by atoms with Gasteiger partial charge in [-0.15, -0.1) is 0 Å². The normalized spacial score (nSPS) is 16.1. The Hall–Kier alpha value is 0.01000. The minimum atomic E-state index is -0.538. The first-order valence-electron chi connectivity index (χ1n) is 4.69. The average Bonchev–Trinajstić information content (AvgIpc) is 2.68. The molecule has 0 aliphatic carbocycles. The fraction of sp³-hybridized carbons (Fsp3) is 0.400. The Morgan fingerprint density at radius 2 is 1.87 bits per heavy atom. The zero-order chi connectivity index (χ0) is 11.0. The smallest absolute Gasteiger partial charge is 0.162 e. The largest absolute Gasteiger partial charge is 0.369 e. The van der Waals surface area contributed by atoms with Crippen LogP contribution in [0.25, 0.3) is 0 Å². The Kier molecular flexibility index (Phi) is 3.43. The first-order valence-corrected chi connectivity index (χ1v) is 6.24. The van der Waals surface area contributed by atoms with Gasteiger partial charge in [-0.05, 0) is 34.8 Å². The Labute approximate surface area is 106 Å². The van der Waals surface area contributed by atoms with E-state index < -0.39 is 5.82 Å². The summed E-state index contributed by atoms with van der Waals surface area (Å²) >= 11 is 15.0. The van der Waals surface area contributed by atoms with Crippen LogP contribution in [0.1, 0.15) is 12.8 Å². The summed E-state index contributed by atoms with van der Waals surface area (Å²) in [4.78, 5) is 2.08. The Balaban J connectivity index is 2.50. The fourth-order valence-corrected chi connectivity index (χ4v) is 3.29. The maximum atomic E-state index is 13.5. The van der Waals surface area contributed by atoms with Crippen LogP contribution in [0.15, 0.2) is 10.5 Å². The summed E-state index contributed by atoms with van der Waals surface area (Å²) in [6.45, 7) is 1.83. The molecule has 0 saturated carbocycles. The maximum absolute atomic E-state index is 13.5. The minimum Gasteiger partial charge on any atom is -0.369 e. The molecule has 1 nitrogen and oxygen atoms in total. The van der Waals surface area contributed by atoms with Crippen LogP contribution in [0.5, 0.6) is 0 Å². The number of benzene rings is 1. The molecule has 82 valence electrons. The lowest BCUT2D eigenvalue weighted by Crippen LogP contribution is -2.19. The van der Waals surface area contributed by atoms with Crippen molar-refractivity contribution in [1.29, 1.82) is 0 Å². The van der Waals surface area contributed by atoms with Gasteiger partial charge in [-0.3, -0.25) is 0 Å². The number of anilines is 1. The fourth-order valence-electron chi connectivity index (χ4n) is 1.79. The summed E-state index contributed by atoms with van der Waals surface area (Å²) in [7, 11) is 0. The van der Waals surface area contributed by atoms with Gasteiger partial charge in [0.1, 0.15) is 5.02 Å². The second kappa shape index (κ2) is 4.48. The molecule has 0 bridgehead atoms. The molecule has 0 radical (unpaired) electrons. The van der Waals surface area contributed by atoms with E-state index in [1.54, 1.807) is 6.07 Å². The van der Waals surface area contributed by atoms with Gasteiger partial charge in [0, 0.05) is 17.6 Å². The van der Waals surface area contributed by atoms with Crippen LogP contribution >= 0.6 is 39.1 Å². The van der Waals surface area contributed by atoms with E-state index in [9.17, 15) is 4.39 Å². The molecule has 1 saturated heterocycles. The van der Waals surface area contributed by atoms with Crippen molar-refractivity contribution in [3.05, 3.63) is 26.4 Å². The van der Waals surface area contributed by atoms with Crippen molar-refractivity contribution in [3.8, 4) is 0 Å². The van der Waals surface area contributed by atoms with Crippen LogP contribution in [-0.2, 0) is 0 Å². The van der Waals surface area contributed by atoms with Crippen molar-refractivity contribution in [2.75, 3.05) is 18.0 Å². The number of halogens is 4. The van der Waals surface area contributed by atoms with Crippen molar-refractivity contribution in [2.45, 2.75) is 12.8 Å². The van der Waals surface area contributed by atoms with Gasteiger partial charge in [0.15, 0.2) is 5.82 Å². The van der Waals surface area contributed by atoms with Crippen molar-refractivity contribution in [3.63, 3.8) is 0 Å². The molecule has 5 heteroatoms. The molecule has 2 rings (SSSR count). The van der Waals surface area contributed by atoms with Gasteiger partial charge in [-0.1, -0.05) is 23.2 Å². The molecule has 0 atom stereocenters. The van der Waals surface area contributed by atoms with E-state index in [0.29, 0.717) is 0 Å². The third kappa shape index (κ3) is 2.10. The lowest BCUT2D eigenvalue weighted by molar-refractivity contribution is 0.628. The first-order chi connectivity index (χ1) is 7.11. The maximum Gasteiger partial charge on any atom is 0.162 e. The standard InChI is InChI=1S/C10H9BrCl2FN/c11-6-5-7(12)9(14)8(13)10(6)15-3-1-2-4-15/h5H,1-4H2. The molecule has 0 N–H and O–H groups in total. The molecule has 0 spiro atoms. The van der Waals surface area contributed by atoms with Gasteiger partial charge < -0.3 is 4.90 Å². The zero-order valence-electron chi connectivity index (χ0n) is 7.86. The van der Waals surface area contributed by atoms with E-state index in [1.165, 1.54) is 0 Å². The van der Waals surface area contributed by atoms with Gasteiger partial charge in [0.2, 0.25) is 0 Å². The van der Waals surface area contributed by atoms with E-state index in [0.717, 1.165) is 36.1 Å². The first kappa shape index (κ1) is 11.5. The molecule has 0 aromatic heterocycles. The summed E-state index contributed by atoms with van der Waals surface area (Å²) in [5.74, 6) is -0.538. The highest BCUT2D eigenvalue weighted by Crippen LogP contribution is 2.40. The summed E-state index contributed by atoms with van der Waals surface area (Å²) in [5.41, 5.74) is 0.719. The van der Waals surface area contributed by atoms with Gasteiger partial charge in [0.05, 0.1) is 10.7 Å². The monoisotopic (exact) mass is 311 g/mol. The lowest BCUT2D eigenvalue weighted by Gasteiger charge is -2.21. The van der Waals surface area contributed by atoms with E-state index in [2.05, 4.69) is 20.8 Å². The second-order valence-corrected chi connectivity index (χ2v) is 5.15. The Morgan fingerprint density at radius 1 is 1.27 bits per heavy atom. The lowest BCUT2D eigenvalue weighted by atomic mass is 10.3. The highest BCUT2D eigenvalue weighted by Gasteiger charge is 2.22. The van der Waals surface area contributed by atoms with E-state index >= 15 is 0 Å². The third-order valence-electron chi connectivity index (χ3n) is 2.51. The highest BCUT2D eigenvalue weighted by molar-refractivity contribution is 9.10. The zero-order valence-corrected chi connectivity index (χ0v) is 11.0. The van der Waals surface area contributed by atoms with Crippen LogP contribution in [0.2, 0.25) is 10.0 Å². The predicted octanol–water partition coefficient (Wildman–Crippen LogP) is 4.50. The summed E-state index contributed by atoms with van der Waals surface area (Å²) in [6, 6.07) is 1.55. The van der Waals surface area contributed by atoms with E-state index in [-0.39, 0.29) is 10.0 Å². The van der Waals surface area contributed by atoms with Crippen molar-refractivity contribution >= 4 is 44.8 Å². The molecule has 1 fully saturated rings. The molecule has 0 unspecified atom stereocenters. The average molecular weight is 313 g/mol. The molecular weight excluding hydrogens is 304 g/mol. The van der Waals surface area contributed by atoms with Crippen LogP contribution in [0.4, 0.5) is 10.1 Å². The van der Waals surface area contributed by atoms with Crippen molar-refractivity contribution in [1.82, 2.24) is 0 Å². The molecule has 15 heavy (non-hydrogen) atoms. The predicted molar refractivity (Wildman–Crippen MR) is 65.6 cm³/mol. The molecule has 1 aromatic rings. The Morgan fingerprint density at radius 3 is 2.47 bits per heavy atom. The second-order valence-electron chi connectivity index (χ2n) is 3.51. The number of nitrogens with zero attached hydrogens (tertiary/aromatic N) is 1. The van der Waals surface area contributed by atoms with Gasteiger partial charge in [-0.2, -0.15) is 0 Å². The minimum absolute atomic E-state index is 0.0508. The Bertz CT molecular complexity index is 391. The van der Waals surface area contributed by atoms with Gasteiger partial charge >= 0.3 is 0 Å². The molecule has 0 amide bonds. The quantitative estimate of drug-likeness (QED) is 0.545. The van der Waals surface area contributed by atoms with Gasteiger partial charge in [-0.25, -0.2) is 4.39 Å². The van der Waals surface area contributed by atoms with Crippen LogP contribution < -0.4 is 4.90 Å². The van der Waals surface area contributed by atoms with Crippen LogP contribution in [0, 0.1) is 5.82 Å². The third-order valence-corrected chi connectivity index (χ3v) is 3.74. The number of hydrogen-bond donors (Lipinski definition) is 0. The number of rotatable bonds is 1. The van der Waals surface area contributed by atoms with Crippen molar-refractivity contribution < 1.29 is 4.39 Å². The van der Waals surface area contributed by atoms with Gasteiger partial charge in [0.25, 0.3) is 0 Å². The number of hydrogen-bond acceptors (Lipinski definition) is 1. The van der Waals surface area contributed by atoms with Crippen LogP contribution in [0.3, 0.4) is 0 Å². The molecule has 1 aliphatic heterocycles. The highest BCUT2D eigenvalue weighted by atomic mass is 79.9. The van der Waals surface area contributed by atoms with Crippen LogP contribution in [-0.4, -0.2) is 13.1 Å². The van der Waals surface area contributed by atoms with E-state index in [4.69, 9.17) is 23.2 Å². The molecule has 1 heterocycles. The molecule has 1 aliphatic rings. The van der Waals surface area contributed by atoms with E-state index in [1.807, 2.05) is 0 Å². The summed E-state index contributed by atoms with van der Waals surface area (Å²) < 4.78 is 14.3. The topological polar surface area (TPSA) is 3.24 Å². The SMILES string of the molecule is Fc1c(Cl)cc(Br)c(N2CCCC2)c1Cl. The molecular formula is C10H9BrCl2FN. The molecule has 1 aromatic carbocycles. The summed E-state index contributed by atoms with van der Waals surface area (Å²) in [5, 5.41) is 0.158.